The Kier molecular flexibility index (Phi) is 16.4. The van der Waals surface area contributed by atoms with E-state index in [1.807, 2.05) is 53.7 Å². The first-order valence-electron chi connectivity index (χ1n) is 18.7. The molecule has 0 atom stereocenters. The molecule has 0 radical (unpaired) electrons. The van der Waals surface area contributed by atoms with E-state index in [1.165, 1.54) is 6.07 Å². The molecular weight excluding hydrogens is 892 g/mol. The number of carboxylic acid groups (broad SMARTS) is 1. The average molecular weight is 943 g/mol. The SMILES string of the molecule is CC(C)(C)OC(=O)N1CCN(c2ccncc2N)CC1.CC(C)(C)OC(=O)N1CCN(c2ccncc2NC(=O)c2cccc(Br)n2)CC1.O=C(O)c1cccc(Br)n1. The molecule has 2 aliphatic heterocycles. The number of nitrogens with two attached hydrogens (primary N) is 1. The Labute approximate surface area is 360 Å². The number of carbonyl (C=O) groups is 4. The third kappa shape index (κ3) is 15.0. The van der Waals surface area contributed by atoms with Gasteiger partial charge in [0, 0.05) is 64.8 Å². The number of pyridine rings is 4. The number of aromatic carboxylic acids is 1. The Hall–Kier alpha value is -5.56. The minimum atomic E-state index is -1.01. The lowest BCUT2D eigenvalue weighted by atomic mass is 10.2. The molecule has 6 heterocycles. The van der Waals surface area contributed by atoms with Gasteiger partial charge in [-0.1, -0.05) is 12.1 Å². The number of carbonyl (C=O) groups excluding carboxylic acids is 3. The number of ether oxygens (including phenoxy) is 2. The summed E-state index contributed by atoms with van der Waals surface area (Å²) in [5.74, 6) is -1.32. The van der Waals surface area contributed by atoms with Crippen LogP contribution < -0.4 is 20.9 Å². The zero-order chi connectivity index (χ0) is 43.3. The first kappa shape index (κ1) is 46.1. The van der Waals surface area contributed by atoms with Crippen molar-refractivity contribution >= 4 is 78.7 Å². The van der Waals surface area contributed by atoms with E-state index in [0.717, 1.165) is 24.5 Å². The van der Waals surface area contributed by atoms with Crippen molar-refractivity contribution in [1.82, 2.24) is 29.7 Å². The van der Waals surface area contributed by atoms with Gasteiger partial charge in [0.15, 0.2) is 0 Å². The summed E-state index contributed by atoms with van der Waals surface area (Å²) < 4.78 is 11.9. The van der Waals surface area contributed by atoms with Gasteiger partial charge in [0.25, 0.3) is 5.91 Å². The highest BCUT2D eigenvalue weighted by molar-refractivity contribution is 9.10. The standard InChI is InChI=1S/C20H24BrN5O3.C14H22N4O2.C6H4BrNO2/c1-20(2,3)29-19(28)26-11-9-25(10-12-26)16-7-8-22-13-15(16)24-18(27)14-5-4-6-17(21)23-14;1-14(2,3)20-13(19)18-8-6-17(7-9-18)12-4-5-16-10-11(12)15;7-5-3-1-2-4(8-5)6(9)10/h4-8,13H,9-12H2,1-3H3,(H,24,27);4-5,10H,6-9,15H2,1-3H3;1-3H,(H,9,10). The molecule has 0 saturated carbocycles. The number of halogens is 2. The van der Waals surface area contributed by atoms with Gasteiger partial charge in [-0.25, -0.2) is 24.4 Å². The van der Waals surface area contributed by atoms with Gasteiger partial charge < -0.3 is 45.2 Å². The van der Waals surface area contributed by atoms with Gasteiger partial charge in [-0.2, -0.15) is 0 Å². The van der Waals surface area contributed by atoms with E-state index in [2.05, 4.69) is 66.9 Å². The van der Waals surface area contributed by atoms with Crippen LogP contribution in [0, 0.1) is 0 Å². The Morgan fingerprint density at radius 1 is 0.661 bits per heavy atom. The topological polar surface area (TPSA) is 210 Å². The quantitative estimate of drug-likeness (QED) is 0.176. The minimum Gasteiger partial charge on any atom is -0.477 e. The molecule has 6 rings (SSSR count). The third-order valence-electron chi connectivity index (χ3n) is 8.30. The number of nitrogens with one attached hydrogen (secondary N) is 1. The van der Waals surface area contributed by atoms with Gasteiger partial charge >= 0.3 is 18.2 Å². The molecule has 4 N–H and O–H groups in total. The number of nitrogens with zero attached hydrogens (tertiary/aromatic N) is 8. The maximum absolute atomic E-state index is 12.6. The molecule has 4 aromatic rings. The fourth-order valence-electron chi connectivity index (χ4n) is 5.61. The minimum absolute atomic E-state index is 0.0503. The van der Waals surface area contributed by atoms with Crippen LogP contribution in [-0.2, 0) is 9.47 Å². The Morgan fingerprint density at radius 2 is 1.10 bits per heavy atom. The number of nitrogen functional groups attached to an aromatic ring is 1. The summed E-state index contributed by atoms with van der Waals surface area (Å²) in [5, 5.41) is 11.3. The van der Waals surface area contributed by atoms with Crippen LogP contribution in [0.3, 0.4) is 0 Å². The lowest BCUT2D eigenvalue weighted by molar-refractivity contribution is 0.0230. The van der Waals surface area contributed by atoms with Gasteiger partial charge in [0.05, 0.1) is 35.1 Å². The molecular formula is C40H50Br2N10O7. The number of anilines is 4. The third-order valence-corrected chi connectivity index (χ3v) is 9.18. The van der Waals surface area contributed by atoms with Crippen molar-refractivity contribution in [2.45, 2.75) is 52.7 Å². The number of hydrogen-bond acceptors (Lipinski definition) is 13. The Morgan fingerprint density at radius 3 is 1.54 bits per heavy atom. The Bertz CT molecular complexity index is 2060. The van der Waals surface area contributed by atoms with Gasteiger partial charge in [0.1, 0.15) is 31.8 Å². The van der Waals surface area contributed by atoms with Crippen LogP contribution in [0.25, 0.3) is 0 Å². The van der Waals surface area contributed by atoms with Crippen molar-refractivity contribution < 1.29 is 33.8 Å². The number of amides is 3. The summed E-state index contributed by atoms with van der Waals surface area (Å²) in [6.07, 6.45) is 6.12. The highest BCUT2D eigenvalue weighted by Gasteiger charge is 2.28. The number of aromatic nitrogens is 4. The summed E-state index contributed by atoms with van der Waals surface area (Å²) in [6.45, 7) is 16.3. The molecule has 59 heavy (non-hydrogen) atoms. The molecule has 2 aliphatic rings. The zero-order valence-electron chi connectivity index (χ0n) is 33.9. The second-order valence-electron chi connectivity index (χ2n) is 15.2. The summed E-state index contributed by atoms with van der Waals surface area (Å²) in [7, 11) is 0. The second-order valence-corrected chi connectivity index (χ2v) is 16.8. The van der Waals surface area contributed by atoms with Crippen molar-refractivity contribution in [2.75, 3.05) is 73.2 Å². The predicted molar refractivity (Wildman–Crippen MR) is 232 cm³/mol. The van der Waals surface area contributed by atoms with Gasteiger partial charge in [-0.15, -0.1) is 0 Å². The Balaban J connectivity index is 0.000000220. The van der Waals surface area contributed by atoms with Crippen LogP contribution >= 0.6 is 31.9 Å². The second kappa shape index (κ2) is 20.9. The van der Waals surface area contributed by atoms with Crippen LogP contribution in [0.5, 0.6) is 0 Å². The molecule has 0 unspecified atom stereocenters. The van der Waals surface area contributed by atoms with Gasteiger partial charge in [-0.05, 0) is 110 Å². The van der Waals surface area contributed by atoms with Crippen LogP contribution in [0.4, 0.5) is 32.3 Å². The summed E-state index contributed by atoms with van der Waals surface area (Å²) >= 11 is 6.33. The molecule has 3 amide bonds. The lowest BCUT2D eigenvalue weighted by Gasteiger charge is -2.37. The van der Waals surface area contributed by atoms with E-state index in [1.54, 1.807) is 64.9 Å². The van der Waals surface area contributed by atoms with Gasteiger partial charge in [-0.3, -0.25) is 14.8 Å². The molecule has 0 spiro atoms. The largest absolute Gasteiger partial charge is 0.477 e. The van der Waals surface area contributed by atoms with E-state index >= 15 is 0 Å². The van der Waals surface area contributed by atoms with E-state index < -0.39 is 17.2 Å². The van der Waals surface area contributed by atoms with Crippen molar-refractivity contribution in [3.8, 4) is 0 Å². The molecule has 0 aliphatic carbocycles. The predicted octanol–water partition coefficient (Wildman–Crippen LogP) is 6.81. The maximum Gasteiger partial charge on any atom is 0.410 e. The molecule has 19 heteroatoms. The summed E-state index contributed by atoms with van der Waals surface area (Å²) in [4.78, 5) is 70.8. The molecule has 17 nitrogen and oxygen atoms in total. The van der Waals surface area contributed by atoms with Crippen molar-refractivity contribution in [2.24, 2.45) is 0 Å². The monoisotopic (exact) mass is 940 g/mol. The van der Waals surface area contributed by atoms with Crippen LogP contribution in [0.1, 0.15) is 62.5 Å². The normalized spacial score (nSPS) is 14.2. The molecule has 2 saturated heterocycles. The zero-order valence-corrected chi connectivity index (χ0v) is 37.1. The van der Waals surface area contributed by atoms with Crippen LogP contribution in [0.2, 0.25) is 0 Å². The van der Waals surface area contributed by atoms with E-state index in [9.17, 15) is 19.2 Å². The van der Waals surface area contributed by atoms with Gasteiger partial charge in [0.2, 0.25) is 0 Å². The number of hydrogen-bond donors (Lipinski definition) is 3. The maximum atomic E-state index is 12.6. The molecule has 4 aromatic heterocycles. The number of piperazine rings is 2. The van der Waals surface area contributed by atoms with Crippen molar-refractivity contribution in [3.05, 3.63) is 93.9 Å². The first-order chi connectivity index (χ1) is 27.8. The molecule has 2 fully saturated rings. The van der Waals surface area contributed by atoms with Crippen LogP contribution in [-0.4, -0.2) is 122 Å². The fraction of sp³-hybridized carbons (Fsp3) is 0.400. The summed E-state index contributed by atoms with van der Waals surface area (Å²) in [6, 6.07) is 13.7. The molecule has 316 valence electrons. The van der Waals surface area contributed by atoms with E-state index in [0.29, 0.717) is 65.5 Å². The lowest BCUT2D eigenvalue weighted by Crippen LogP contribution is -2.50. The van der Waals surface area contributed by atoms with Crippen molar-refractivity contribution in [1.29, 1.82) is 0 Å². The smallest absolute Gasteiger partial charge is 0.410 e. The molecule has 0 aromatic carbocycles. The number of carboxylic acids is 1. The first-order valence-corrected chi connectivity index (χ1v) is 20.3. The van der Waals surface area contributed by atoms with E-state index in [-0.39, 0.29) is 23.8 Å². The number of rotatable bonds is 5. The van der Waals surface area contributed by atoms with Crippen molar-refractivity contribution in [3.63, 3.8) is 0 Å². The van der Waals surface area contributed by atoms with E-state index in [4.69, 9.17) is 20.3 Å². The highest BCUT2D eigenvalue weighted by Crippen LogP contribution is 2.27. The summed E-state index contributed by atoms with van der Waals surface area (Å²) in [5.41, 5.74) is 8.40. The fourth-order valence-corrected chi connectivity index (χ4v) is 6.30. The van der Waals surface area contributed by atoms with Crippen LogP contribution in [0.15, 0.2) is 82.5 Å². The average Bonchev–Trinajstić information content (AvgIpc) is 3.18. The highest BCUT2D eigenvalue weighted by atomic mass is 79.9. The molecule has 0 bridgehead atoms.